The predicted molar refractivity (Wildman–Crippen MR) is 75.5 cm³/mol. The minimum Gasteiger partial charge on any atom is -0.350 e. The average molecular weight is 274 g/mol. The molecule has 104 valence electrons. The van der Waals surface area contributed by atoms with Gasteiger partial charge in [0, 0.05) is 17.0 Å². The van der Waals surface area contributed by atoms with Crippen molar-refractivity contribution in [3.63, 3.8) is 0 Å². The van der Waals surface area contributed by atoms with Crippen LogP contribution in [0.5, 0.6) is 0 Å². The maximum atomic E-state index is 13.9. The summed E-state index contributed by atoms with van der Waals surface area (Å²) in [6.07, 6.45) is 1.48. The summed E-state index contributed by atoms with van der Waals surface area (Å²) in [7, 11) is 0. The molecular formula is C14H15FN4O. The zero-order valence-corrected chi connectivity index (χ0v) is 11.2. The van der Waals surface area contributed by atoms with Gasteiger partial charge >= 0.3 is 6.03 Å². The zero-order chi connectivity index (χ0) is 14.7. The number of nitrogens with zero attached hydrogens (tertiary/aromatic N) is 2. The Morgan fingerprint density at radius 3 is 2.75 bits per heavy atom. The van der Waals surface area contributed by atoms with E-state index >= 15 is 0 Å². The fraction of sp³-hybridized carbons (Fsp3) is 0.143. The summed E-state index contributed by atoms with van der Waals surface area (Å²) in [5.74, 6) is -0.298. The van der Waals surface area contributed by atoms with E-state index in [1.54, 1.807) is 22.8 Å². The van der Waals surface area contributed by atoms with E-state index in [4.69, 9.17) is 5.73 Å². The highest BCUT2D eigenvalue weighted by Gasteiger charge is 2.12. The van der Waals surface area contributed by atoms with Gasteiger partial charge in [0.15, 0.2) is 0 Å². The molecule has 0 radical (unpaired) electrons. The number of para-hydroxylation sites is 1. The van der Waals surface area contributed by atoms with Crippen molar-refractivity contribution in [2.24, 2.45) is 10.8 Å². The van der Waals surface area contributed by atoms with E-state index in [0.29, 0.717) is 5.69 Å². The second-order valence-electron chi connectivity index (χ2n) is 4.35. The van der Waals surface area contributed by atoms with Crippen molar-refractivity contribution in [2.45, 2.75) is 13.8 Å². The highest BCUT2D eigenvalue weighted by atomic mass is 19.1. The number of nitrogens with two attached hydrogens (primary N) is 1. The second-order valence-corrected chi connectivity index (χ2v) is 4.35. The lowest BCUT2D eigenvalue weighted by atomic mass is 10.2. The number of halogens is 1. The van der Waals surface area contributed by atoms with Gasteiger partial charge in [-0.2, -0.15) is 5.10 Å². The number of urea groups is 1. The highest BCUT2D eigenvalue weighted by Crippen LogP contribution is 2.21. The number of hydrogen-bond acceptors (Lipinski definition) is 2. The van der Waals surface area contributed by atoms with Crippen LogP contribution in [-0.2, 0) is 0 Å². The Labute approximate surface area is 115 Å². The largest absolute Gasteiger partial charge is 0.350 e. The normalized spacial score (nSPS) is 10.9. The van der Waals surface area contributed by atoms with Crippen LogP contribution in [0.1, 0.15) is 17.0 Å². The molecule has 1 heterocycles. The molecule has 1 aromatic heterocycles. The average Bonchev–Trinajstić information content (AvgIpc) is 2.65. The molecular weight excluding hydrogens is 259 g/mol. The lowest BCUT2D eigenvalue weighted by Gasteiger charge is -2.10. The van der Waals surface area contributed by atoms with Crippen LogP contribution in [-0.4, -0.2) is 16.8 Å². The predicted octanol–water partition coefficient (Wildman–Crippen LogP) is 2.24. The fourth-order valence-corrected chi connectivity index (χ4v) is 2.09. The minimum absolute atomic E-state index is 0.298. The topological polar surface area (TPSA) is 72.4 Å². The Kier molecular flexibility index (Phi) is 3.84. The van der Waals surface area contributed by atoms with Crippen molar-refractivity contribution in [3.8, 4) is 5.69 Å². The minimum atomic E-state index is -0.732. The molecule has 2 aromatic rings. The van der Waals surface area contributed by atoms with E-state index in [0.717, 1.165) is 17.0 Å². The van der Waals surface area contributed by atoms with E-state index in [2.05, 4.69) is 10.5 Å². The first-order valence-corrected chi connectivity index (χ1v) is 6.03. The monoisotopic (exact) mass is 274 g/mol. The van der Waals surface area contributed by atoms with E-state index in [-0.39, 0.29) is 5.82 Å². The van der Waals surface area contributed by atoms with Gasteiger partial charge < -0.3 is 10.3 Å². The number of hydrazone groups is 1. The standard InChI is InChI=1S/C14H15FN4O/c1-9-7-11(8-17-18-14(16)20)10(2)19(9)13-6-4-3-5-12(13)15/h3-8H,1-2H3,(H3,16,18,20)/b17-8-. The first-order valence-electron chi connectivity index (χ1n) is 6.03. The SMILES string of the molecule is Cc1cc(/C=N\NC(N)=O)c(C)n1-c1ccccc1F. The molecule has 0 aliphatic carbocycles. The van der Waals surface area contributed by atoms with Crippen molar-refractivity contribution >= 4 is 12.2 Å². The van der Waals surface area contributed by atoms with E-state index in [1.165, 1.54) is 12.3 Å². The van der Waals surface area contributed by atoms with Gasteiger partial charge in [-0.05, 0) is 32.0 Å². The number of benzene rings is 1. The Morgan fingerprint density at radius 2 is 2.10 bits per heavy atom. The summed E-state index contributed by atoms with van der Waals surface area (Å²) in [6, 6.07) is 7.66. The van der Waals surface area contributed by atoms with Crippen LogP contribution in [0.25, 0.3) is 5.69 Å². The molecule has 0 atom stereocenters. The first-order chi connectivity index (χ1) is 9.50. The molecule has 2 rings (SSSR count). The molecule has 0 aliphatic heterocycles. The van der Waals surface area contributed by atoms with Gasteiger partial charge in [-0.1, -0.05) is 12.1 Å². The molecule has 0 saturated carbocycles. The van der Waals surface area contributed by atoms with Gasteiger partial charge in [-0.3, -0.25) is 0 Å². The van der Waals surface area contributed by atoms with E-state index in [9.17, 15) is 9.18 Å². The summed E-state index contributed by atoms with van der Waals surface area (Å²) in [5, 5.41) is 3.72. The third kappa shape index (κ3) is 2.69. The Balaban J connectivity index is 2.42. The van der Waals surface area contributed by atoms with Crippen LogP contribution in [0.15, 0.2) is 35.4 Å². The number of hydrogen-bond donors (Lipinski definition) is 2. The smallest absolute Gasteiger partial charge is 0.332 e. The molecule has 20 heavy (non-hydrogen) atoms. The second kappa shape index (κ2) is 5.56. The molecule has 0 bridgehead atoms. The van der Waals surface area contributed by atoms with Gasteiger partial charge in [0.2, 0.25) is 0 Å². The van der Waals surface area contributed by atoms with Gasteiger partial charge in [0.1, 0.15) is 5.82 Å². The van der Waals surface area contributed by atoms with Crippen molar-refractivity contribution in [3.05, 3.63) is 53.1 Å². The molecule has 1 aromatic carbocycles. The van der Waals surface area contributed by atoms with Gasteiger partial charge in [0.25, 0.3) is 0 Å². The van der Waals surface area contributed by atoms with Crippen LogP contribution in [0, 0.1) is 19.7 Å². The molecule has 0 unspecified atom stereocenters. The first kappa shape index (κ1) is 13.8. The van der Waals surface area contributed by atoms with E-state index in [1.807, 2.05) is 19.9 Å². The molecule has 3 N–H and O–H groups in total. The molecule has 6 heteroatoms. The molecule has 0 saturated heterocycles. The summed E-state index contributed by atoms with van der Waals surface area (Å²) in [6.45, 7) is 3.73. The van der Waals surface area contributed by atoms with Crippen LogP contribution >= 0.6 is 0 Å². The number of amides is 2. The van der Waals surface area contributed by atoms with Crippen molar-refractivity contribution < 1.29 is 9.18 Å². The van der Waals surface area contributed by atoms with E-state index < -0.39 is 6.03 Å². The zero-order valence-electron chi connectivity index (χ0n) is 11.2. The summed E-state index contributed by atoms with van der Waals surface area (Å²) < 4.78 is 15.7. The molecule has 2 amide bonds. The van der Waals surface area contributed by atoms with Gasteiger partial charge in [-0.15, -0.1) is 0 Å². The number of carbonyl (C=O) groups excluding carboxylic acids is 1. The highest BCUT2D eigenvalue weighted by molar-refractivity contribution is 5.83. The van der Waals surface area contributed by atoms with Crippen LogP contribution in [0.3, 0.4) is 0 Å². The van der Waals surface area contributed by atoms with Crippen LogP contribution in [0.2, 0.25) is 0 Å². The molecule has 0 spiro atoms. The maximum Gasteiger partial charge on any atom is 0.332 e. The number of primary amides is 1. The molecule has 5 nitrogen and oxygen atoms in total. The Bertz CT molecular complexity index is 676. The third-order valence-corrected chi connectivity index (χ3v) is 2.94. The summed E-state index contributed by atoms with van der Waals surface area (Å²) in [5.41, 5.74) is 9.99. The van der Waals surface area contributed by atoms with Crippen molar-refractivity contribution in [1.29, 1.82) is 0 Å². The van der Waals surface area contributed by atoms with Crippen LogP contribution in [0.4, 0.5) is 9.18 Å². The maximum absolute atomic E-state index is 13.9. The van der Waals surface area contributed by atoms with Gasteiger partial charge in [0.05, 0.1) is 11.9 Å². The Hall–Kier alpha value is -2.63. The fourth-order valence-electron chi connectivity index (χ4n) is 2.09. The van der Waals surface area contributed by atoms with Crippen LogP contribution < -0.4 is 11.2 Å². The Morgan fingerprint density at radius 1 is 1.40 bits per heavy atom. The number of carbonyl (C=O) groups is 1. The summed E-state index contributed by atoms with van der Waals surface area (Å²) in [4.78, 5) is 10.6. The number of aromatic nitrogens is 1. The van der Waals surface area contributed by atoms with Crippen molar-refractivity contribution in [1.82, 2.24) is 9.99 Å². The lowest BCUT2D eigenvalue weighted by molar-refractivity contribution is 0.249. The lowest BCUT2D eigenvalue weighted by Crippen LogP contribution is -2.24. The third-order valence-electron chi connectivity index (χ3n) is 2.94. The van der Waals surface area contributed by atoms with Gasteiger partial charge in [-0.25, -0.2) is 14.6 Å². The molecule has 0 fully saturated rings. The summed E-state index contributed by atoms with van der Waals surface area (Å²) >= 11 is 0. The molecule has 0 aliphatic rings. The number of aryl methyl sites for hydroxylation is 1. The quantitative estimate of drug-likeness (QED) is 0.654. The number of rotatable bonds is 3. The number of nitrogens with one attached hydrogen (secondary N) is 1. The van der Waals surface area contributed by atoms with Crippen molar-refractivity contribution in [2.75, 3.05) is 0 Å².